The summed E-state index contributed by atoms with van der Waals surface area (Å²) in [5.41, 5.74) is 2.55. The second kappa shape index (κ2) is 4.48. The molecule has 0 spiro atoms. The number of ether oxygens (including phenoxy) is 1. The van der Waals surface area contributed by atoms with Gasteiger partial charge in [0.1, 0.15) is 5.56 Å². The summed E-state index contributed by atoms with van der Waals surface area (Å²) in [6.45, 7) is -0.729. The lowest BCUT2D eigenvalue weighted by Gasteiger charge is -2.08. The second-order valence-electron chi connectivity index (χ2n) is 2.81. The normalized spacial score (nSPS) is 10.4. The number of carbonyl (C=O) groups excluding carboxylic acids is 1. The Labute approximate surface area is 87.8 Å². The van der Waals surface area contributed by atoms with E-state index in [1.165, 1.54) is 0 Å². The van der Waals surface area contributed by atoms with E-state index in [1.807, 2.05) is 0 Å². The summed E-state index contributed by atoms with van der Waals surface area (Å²) in [6.07, 6.45) is 0. The molecule has 0 aliphatic heterocycles. The van der Waals surface area contributed by atoms with Crippen LogP contribution in [0.4, 0.5) is 17.6 Å². The first-order valence-corrected chi connectivity index (χ1v) is 4.08. The Morgan fingerprint density at radius 2 is 1.56 bits per heavy atom. The molecule has 0 aromatic heterocycles. The summed E-state index contributed by atoms with van der Waals surface area (Å²) in [7, 11) is 0.827. The summed E-state index contributed by atoms with van der Waals surface area (Å²) < 4.78 is 56.6. The molecular weight excluding hydrogens is 230 g/mol. The number of methoxy groups -OCH3 is 1. The number of carbonyl (C=O) groups is 1. The van der Waals surface area contributed by atoms with Gasteiger partial charge in [0.2, 0.25) is 0 Å². The van der Waals surface area contributed by atoms with Crippen LogP contribution in [0.3, 0.4) is 0 Å². The average Bonchev–Trinajstić information content (AvgIpc) is 2.27. The summed E-state index contributed by atoms with van der Waals surface area (Å²) in [5, 5.41) is 0. The van der Waals surface area contributed by atoms with Crippen molar-refractivity contribution in [2.24, 2.45) is 5.73 Å². The molecule has 2 N–H and O–H groups in total. The Hall–Kier alpha value is -1.63. The van der Waals surface area contributed by atoms with E-state index in [0.29, 0.717) is 0 Å². The van der Waals surface area contributed by atoms with Gasteiger partial charge in [-0.1, -0.05) is 0 Å². The average molecular weight is 237 g/mol. The zero-order valence-electron chi connectivity index (χ0n) is 8.11. The van der Waals surface area contributed by atoms with Crippen LogP contribution in [0.25, 0.3) is 0 Å². The fraction of sp³-hybridized carbons (Fsp3) is 0.222. The van der Waals surface area contributed by atoms with Crippen molar-refractivity contribution in [1.82, 2.24) is 0 Å². The van der Waals surface area contributed by atoms with E-state index >= 15 is 0 Å². The Balaban J connectivity index is 3.60. The topological polar surface area (TPSA) is 52.3 Å². The highest BCUT2D eigenvalue weighted by molar-refractivity contribution is 5.90. The standard InChI is InChI=1S/C9H7F4NO2/c1-16-9(15)4-7(12)5(10)3(2-14)6(11)8(4)13/h2,14H2,1H3. The molecule has 0 bridgehead atoms. The van der Waals surface area contributed by atoms with E-state index in [2.05, 4.69) is 4.74 Å². The van der Waals surface area contributed by atoms with Crippen molar-refractivity contribution < 1.29 is 27.1 Å². The Morgan fingerprint density at radius 3 is 1.88 bits per heavy atom. The number of benzene rings is 1. The Kier molecular flexibility index (Phi) is 3.48. The van der Waals surface area contributed by atoms with Crippen LogP contribution in [0.5, 0.6) is 0 Å². The van der Waals surface area contributed by atoms with Crippen molar-refractivity contribution in [2.45, 2.75) is 6.54 Å². The fourth-order valence-corrected chi connectivity index (χ4v) is 1.14. The molecule has 0 heterocycles. The minimum Gasteiger partial charge on any atom is -0.465 e. The molecule has 0 amide bonds. The number of halogens is 4. The van der Waals surface area contributed by atoms with Gasteiger partial charge < -0.3 is 10.5 Å². The van der Waals surface area contributed by atoms with E-state index in [1.54, 1.807) is 0 Å². The summed E-state index contributed by atoms with van der Waals surface area (Å²) in [4.78, 5) is 10.9. The minimum absolute atomic E-state index is 0.729. The van der Waals surface area contributed by atoms with Crippen molar-refractivity contribution >= 4 is 5.97 Å². The minimum atomic E-state index is -1.81. The smallest absolute Gasteiger partial charge is 0.344 e. The van der Waals surface area contributed by atoms with Gasteiger partial charge in [-0.25, -0.2) is 22.4 Å². The molecule has 88 valence electrons. The second-order valence-corrected chi connectivity index (χ2v) is 2.81. The highest BCUT2D eigenvalue weighted by atomic mass is 19.2. The summed E-state index contributed by atoms with van der Waals surface area (Å²) >= 11 is 0. The summed E-state index contributed by atoms with van der Waals surface area (Å²) in [5.74, 6) is -8.52. The van der Waals surface area contributed by atoms with Crippen LogP contribution in [0.2, 0.25) is 0 Å². The van der Waals surface area contributed by atoms with E-state index < -0.39 is 46.9 Å². The van der Waals surface area contributed by atoms with Gasteiger partial charge in [0.15, 0.2) is 23.3 Å². The van der Waals surface area contributed by atoms with Crippen LogP contribution in [0, 0.1) is 23.3 Å². The fourth-order valence-electron chi connectivity index (χ4n) is 1.14. The number of nitrogens with two attached hydrogens (primary N) is 1. The third-order valence-electron chi connectivity index (χ3n) is 1.95. The van der Waals surface area contributed by atoms with Crippen LogP contribution < -0.4 is 5.73 Å². The monoisotopic (exact) mass is 237 g/mol. The largest absolute Gasteiger partial charge is 0.465 e. The third kappa shape index (κ3) is 1.73. The van der Waals surface area contributed by atoms with Gasteiger partial charge >= 0.3 is 5.97 Å². The predicted octanol–water partition coefficient (Wildman–Crippen LogP) is 1.49. The van der Waals surface area contributed by atoms with Crippen molar-refractivity contribution in [3.63, 3.8) is 0 Å². The van der Waals surface area contributed by atoms with Crippen molar-refractivity contribution in [3.8, 4) is 0 Å². The lowest BCUT2D eigenvalue weighted by Crippen LogP contribution is -2.16. The van der Waals surface area contributed by atoms with Gasteiger partial charge in [-0.15, -0.1) is 0 Å². The summed E-state index contributed by atoms with van der Waals surface area (Å²) in [6, 6.07) is 0. The van der Waals surface area contributed by atoms with Gasteiger partial charge in [0.25, 0.3) is 0 Å². The lowest BCUT2D eigenvalue weighted by atomic mass is 10.1. The molecule has 0 saturated carbocycles. The first-order valence-electron chi connectivity index (χ1n) is 4.08. The maximum atomic E-state index is 13.2. The van der Waals surface area contributed by atoms with Gasteiger partial charge in [0.05, 0.1) is 7.11 Å². The van der Waals surface area contributed by atoms with Crippen molar-refractivity contribution in [2.75, 3.05) is 7.11 Å². The molecule has 0 saturated heterocycles. The molecule has 0 aliphatic carbocycles. The van der Waals surface area contributed by atoms with Crippen LogP contribution in [0.15, 0.2) is 0 Å². The highest BCUT2D eigenvalue weighted by Crippen LogP contribution is 2.24. The molecule has 16 heavy (non-hydrogen) atoms. The van der Waals surface area contributed by atoms with E-state index in [0.717, 1.165) is 7.11 Å². The molecule has 0 aliphatic rings. The quantitative estimate of drug-likeness (QED) is 0.481. The first kappa shape index (κ1) is 12.4. The molecule has 0 fully saturated rings. The van der Waals surface area contributed by atoms with Crippen molar-refractivity contribution in [1.29, 1.82) is 0 Å². The van der Waals surface area contributed by atoms with Crippen LogP contribution in [-0.2, 0) is 11.3 Å². The third-order valence-corrected chi connectivity index (χ3v) is 1.95. The first-order chi connectivity index (χ1) is 7.45. The predicted molar refractivity (Wildman–Crippen MR) is 45.5 cm³/mol. The number of esters is 1. The zero-order chi connectivity index (χ0) is 12.5. The number of hydrogen-bond acceptors (Lipinski definition) is 3. The van der Waals surface area contributed by atoms with E-state index in [4.69, 9.17) is 5.73 Å². The SMILES string of the molecule is COC(=O)c1c(F)c(F)c(CN)c(F)c1F. The molecule has 1 rings (SSSR count). The maximum absolute atomic E-state index is 13.2. The molecular formula is C9H7F4NO2. The van der Waals surface area contributed by atoms with Crippen LogP contribution in [-0.4, -0.2) is 13.1 Å². The van der Waals surface area contributed by atoms with Gasteiger partial charge in [-0.2, -0.15) is 0 Å². The molecule has 0 atom stereocenters. The number of hydrogen-bond donors (Lipinski definition) is 1. The molecule has 3 nitrogen and oxygen atoms in total. The Bertz CT molecular complexity index is 419. The molecule has 0 radical (unpaired) electrons. The van der Waals surface area contributed by atoms with Crippen LogP contribution in [0.1, 0.15) is 15.9 Å². The lowest BCUT2D eigenvalue weighted by molar-refractivity contribution is 0.0586. The number of rotatable bonds is 2. The zero-order valence-corrected chi connectivity index (χ0v) is 8.11. The van der Waals surface area contributed by atoms with E-state index in [9.17, 15) is 22.4 Å². The molecule has 1 aromatic rings. The maximum Gasteiger partial charge on any atom is 0.344 e. The molecule has 1 aromatic carbocycles. The molecule has 7 heteroatoms. The Morgan fingerprint density at radius 1 is 1.12 bits per heavy atom. The van der Waals surface area contributed by atoms with Gasteiger partial charge in [0, 0.05) is 12.1 Å². The van der Waals surface area contributed by atoms with E-state index in [-0.39, 0.29) is 0 Å². The molecule has 0 unspecified atom stereocenters. The van der Waals surface area contributed by atoms with Gasteiger partial charge in [-0.05, 0) is 0 Å². The van der Waals surface area contributed by atoms with Gasteiger partial charge in [-0.3, -0.25) is 0 Å². The highest BCUT2D eigenvalue weighted by Gasteiger charge is 2.29. The van der Waals surface area contributed by atoms with Crippen molar-refractivity contribution in [3.05, 3.63) is 34.4 Å². The van der Waals surface area contributed by atoms with Crippen LogP contribution >= 0.6 is 0 Å².